The average Bonchev–Trinajstić information content (AvgIpc) is 3.40. The molecule has 1 aromatic carbocycles. The number of nitrogens with one attached hydrogen (secondary N) is 1. The first kappa shape index (κ1) is 30.4. The maximum Gasteiger partial charge on any atom is 0.305 e. The number of carbonyl (C=O) groups is 1. The molecule has 0 amide bonds. The highest BCUT2D eigenvalue weighted by molar-refractivity contribution is 5.94. The number of aliphatic hydroxyl groups is 1. The van der Waals surface area contributed by atoms with Gasteiger partial charge in [-0.05, 0) is 62.6 Å². The Morgan fingerprint density at radius 2 is 1.76 bits per heavy atom. The van der Waals surface area contributed by atoms with E-state index in [-0.39, 0.29) is 12.1 Å². The van der Waals surface area contributed by atoms with Crippen molar-refractivity contribution in [1.29, 1.82) is 0 Å². The predicted octanol–water partition coefficient (Wildman–Crippen LogP) is 5.25. The van der Waals surface area contributed by atoms with Crippen molar-refractivity contribution in [3.8, 4) is 11.1 Å². The van der Waals surface area contributed by atoms with Crippen molar-refractivity contribution in [3.63, 3.8) is 0 Å². The highest BCUT2D eigenvalue weighted by Crippen LogP contribution is 2.36. The van der Waals surface area contributed by atoms with Gasteiger partial charge in [0.05, 0.1) is 13.2 Å². The van der Waals surface area contributed by atoms with Crippen LogP contribution in [-0.2, 0) is 16.1 Å². The molecule has 0 spiro atoms. The van der Waals surface area contributed by atoms with Crippen molar-refractivity contribution >= 4 is 23.0 Å². The number of methoxy groups -OCH3 is 1. The zero-order valence-electron chi connectivity index (χ0n) is 25.4. The van der Waals surface area contributed by atoms with Gasteiger partial charge >= 0.3 is 5.97 Å². The largest absolute Gasteiger partial charge is 0.469 e. The molecule has 2 fully saturated rings. The van der Waals surface area contributed by atoms with Gasteiger partial charge in [-0.3, -0.25) is 9.69 Å². The lowest BCUT2D eigenvalue weighted by molar-refractivity contribution is -0.140. The Kier molecular flexibility index (Phi) is 10.8. The molecule has 0 radical (unpaired) electrons. The summed E-state index contributed by atoms with van der Waals surface area (Å²) in [7, 11) is 1.46. The summed E-state index contributed by atoms with van der Waals surface area (Å²) in [6, 6.07) is 9.36. The molecule has 1 aliphatic heterocycles. The third-order valence-corrected chi connectivity index (χ3v) is 8.88. The number of unbranched alkanes of at least 4 members (excludes halogenated alkanes) is 2. The number of aliphatic hydroxyl groups excluding tert-OH is 1. The zero-order chi connectivity index (χ0) is 29.3. The monoisotopic (exact) mass is 576 g/mol. The van der Waals surface area contributed by atoms with E-state index in [1.165, 1.54) is 23.8 Å². The summed E-state index contributed by atoms with van der Waals surface area (Å²) in [5, 5.41) is 14.5. The van der Waals surface area contributed by atoms with Gasteiger partial charge in [-0.25, -0.2) is 4.98 Å². The number of esters is 1. The molecule has 0 unspecified atom stereocenters. The van der Waals surface area contributed by atoms with Crippen LogP contribution in [0.5, 0.6) is 0 Å². The summed E-state index contributed by atoms with van der Waals surface area (Å²) < 4.78 is 7.06. The van der Waals surface area contributed by atoms with Crippen LogP contribution >= 0.6 is 0 Å². The maximum atomic E-state index is 11.3. The van der Waals surface area contributed by atoms with E-state index in [0.29, 0.717) is 18.4 Å². The van der Waals surface area contributed by atoms with Gasteiger partial charge < -0.3 is 24.6 Å². The van der Waals surface area contributed by atoms with Crippen molar-refractivity contribution in [2.24, 2.45) is 0 Å². The van der Waals surface area contributed by atoms with Crippen LogP contribution in [0.3, 0.4) is 0 Å². The van der Waals surface area contributed by atoms with Gasteiger partial charge in [-0.1, -0.05) is 37.6 Å². The standard InChI is InChI=1S/C33H48N6O3/c1-3-16-34-33-35-22-29-30(24-39(32(29)36-33)27-12-14-28(40)15-13-27)26-10-8-25(9-11-26)23-38-20-18-37(19-21-38)17-6-4-5-7-31(41)42-2/h8-11,22,24,27-28,40H,3-7,12-21,23H2,1-2H3,(H,34,35,36). The Labute approximate surface area is 250 Å². The lowest BCUT2D eigenvalue weighted by atomic mass is 9.93. The van der Waals surface area contributed by atoms with Crippen LogP contribution in [-0.4, -0.2) is 87.9 Å². The zero-order valence-corrected chi connectivity index (χ0v) is 25.4. The minimum absolute atomic E-state index is 0.104. The van der Waals surface area contributed by atoms with E-state index in [9.17, 15) is 9.90 Å². The number of benzene rings is 1. The number of ether oxygens (including phenoxy) is 1. The second-order valence-electron chi connectivity index (χ2n) is 12.0. The molecular formula is C33H48N6O3. The van der Waals surface area contributed by atoms with Crippen LogP contribution in [0.2, 0.25) is 0 Å². The Morgan fingerprint density at radius 1 is 1.02 bits per heavy atom. The SMILES string of the molecule is CCCNc1ncc2c(-c3ccc(CN4CCN(CCCCCC(=O)OC)CC4)cc3)cn(C3CCC(O)CC3)c2n1. The first-order valence-corrected chi connectivity index (χ1v) is 15.9. The van der Waals surface area contributed by atoms with Crippen LogP contribution in [0.25, 0.3) is 22.2 Å². The molecule has 1 saturated carbocycles. The fourth-order valence-electron chi connectivity index (χ4n) is 6.30. The van der Waals surface area contributed by atoms with Gasteiger partial charge in [0.15, 0.2) is 0 Å². The number of hydrogen-bond donors (Lipinski definition) is 2. The van der Waals surface area contributed by atoms with Crippen LogP contribution in [0.15, 0.2) is 36.7 Å². The lowest BCUT2D eigenvalue weighted by Crippen LogP contribution is -2.46. The van der Waals surface area contributed by atoms with Crippen LogP contribution in [0.4, 0.5) is 5.95 Å². The number of carbonyl (C=O) groups excluding carboxylic acids is 1. The molecule has 2 aromatic heterocycles. The molecule has 42 heavy (non-hydrogen) atoms. The Morgan fingerprint density at radius 3 is 2.48 bits per heavy atom. The number of aromatic nitrogens is 3. The normalized spacial score (nSPS) is 20.2. The summed E-state index contributed by atoms with van der Waals surface area (Å²) in [5.41, 5.74) is 4.67. The fourth-order valence-corrected chi connectivity index (χ4v) is 6.30. The van der Waals surface area contributed by atoms with E-state index in [1.54, 1.807) is 0 Å². The van der Waals surface area contributed by atoms with Crippen molar-refractivity contribution in [3.05, 3.63) is 42.2 Å². The molecule has 0 atom stereocenters. The number of rotatable bonds is 13. The molecule has 0 bridgehead atoms. The lowest BCUT2D eigenvalue weighted by Gasteiger charge is -2.34. The van der Waals surface area contributed by atoms with Gasteiger partial charge in [0.2, 0.25) is 5.95 Å². The molecule has 2 N–H and O–H groups in total. The van der Waals surface area contributed by atoms with Gasteiger partial charge in [-0.2, -0.15) is 4.98 Å². The third-order valence-electron chi connectivity index (χ3n) is 8.88. The maximum absolute atomic E-state index is 11.3. The second-order valence-corrected chi connectivity index (χ2v) is 12.0. The van der Waals surface area contributed by atoms with E-state index in [2.05, 4.69) is 62.1 Å². The predicted molar refractivity (Wildman–Crippen MR) is 167 cm³/mol. The molecule has 9 heteroatoms. The topological polar surface area (TPSA) is 95.8 Å². The van der Waals surface area contributed by atoms with E-state index >= 15 is 0 Å². The molecule has 3 heterocycles. The fraction of sp³-hybridized carbons (Fsp3) is 0.606. The molecular weight excluding hydrogens is 528 g/mol. The Balaban J connectivity index is 1.20. The quantitative estimate of drug-likeness (QED) is 0.211. The summed E-state index contributed by atoms with van der Waals surface area (Å²) in [5.74, 6) is 0.576. The number of piperazine rings is 1. The summed E-state index contributed by atoms with van der Waals surface area (Å²) in [4.78, 5) is 25.9. The second kappa shape index (κ2) is 14.9. The number of nitrogens with zero attached hydrogens (tertiary/aromatic N) is 5. The molecule has 1 saturated heterocycles. The van der Waals surface area contributed by atoms with Crippen molar-refractivity contribution in [1.82, 2.24) is 24.3 Å². The molecule has 3 aromatic rings. The van der Waals surface area contributed by atoms with Crippen molar-refractivity contribution in [2.45, 2.75) is 83.4 Å². The smallest absolute Gasteiger partial charge is 0.305 e. The van der Waals surface area contributed by atoms with E-state index in [1.807, 2.05) is 6.20 Å². The number of anilines is 1. The van der Waals surface area contributed by atoms with Crippen LogP contribution in [0, 0.1) is 0 Å². The van der Waals surface area contributed by atoms with Gasteiger partial charge in [0.25, 0.3) is 0 Å². The minimum atomic E-state index is -0.182. The molecule has 228 valence electrons. The highest BCUT2D eigenvalue weighted by atomic mass is 16.5. The van der Waals surface area contributed by atoms with Gasteiger partial charge in [0.1, 0.15) is 5.65 Å². The Hall–Kier alpha value is -3.01. The van der Waals surface area contributed by atoms with Crippen LogP contribution in [0.1, 0.15) is 76.3 Å². The van der Waals surface area contributed by atoms with E-state index in [0.717, 1.165) is 108 Å². The summed E-state index contributed by atoms with van der Waals surface area (Å²) >= 11 is 0. The average molecular weight is 577 g/mol. The summed E-state index contributed by atoms with van der Waals surface area (Å²) in [6.07, 6.45) is 12.3. The third kappa shape index (κ3) is 7.88. The highest BCUT2D eigenvalue weighted by Gasteiger charge is 2.24. The minimum Gasteiger partial charge on any atom is -0.469 e. The molecule has 2 aliphatic rings. The Bertz CT molecular complexity index is 1280. The molecule has 9 nitrogen and oxygen atoms in total. The summed E-state index contributed by atoms with van der Waals surface area (Å²) in [6.45, 7) is 9.43. The van der Waals surface area contributed by atoms with E-state index in [4.69, 9.17) is 9.72 Å². The number of fused-ring (bicyclic) bond motifs is 1. The molecule has 1 aliphatic carbocycles. The van der Waals surface area contributed by atoms with Gasteiger partial charge in [-0.15, -0.1) is 0 Å². The van der Waals surface area contributed by atoms with Gasteiger partial charge in [0, 0.05) is 75.1 Å². The van der Waals surface area contributed by atoms with Crippen molar-refractivity contribution < 1.29 is 14.6 Å². The first-order valence-electron chi connectivity index (χ1n) is 15.9. The first-order chi connectivity index (χ1) is 20.5. The van der Waals surface area contributed by atoms with Crippen molar-refractivity contribution in [2.75, 3.05) is 51.7 Å². The van der Waals surface area contributed by atoms with Crippen LogP contribution < -0.4 is 5.32 Å². The molecule has 5 rings (SSSR count). The van der Waals surface area contributed by atoms with E-state index < -0.39 is 0 Å². The number of hydrogen-bond acceptors (Lipinski definition) is 8.